The predicted octanol–water partition coefficient (Wildman–Crippen LogP) is 1.81. The van der Waals surface area contributed by atoms with Crippen LogP contribution in [0.5, 0.6) is 0 Å². The first kappa shape index (κ1) is 8.30. The first-order valence-electron chi connectivity index (χ1n) is 5.31. The number of nitrogens with two attached hydrogens (primary N) is 1. The molecule has 0 saturated heterocycles. The van der Waals surface area contributed by atoms with Gasteiger partial charge in [-0.2, -0.15) is 0 Å². The molecule has 0 aromatic heterocycles. The third kappa shape index (κ3) is 1.01. The zero-order valence-corrected chi connectivity index (χ0v) is 8.16. The molecule has 3 rings (SSSR count). The zero-order chi connectivity index (χ0) is 9.76. The number of aryl methyl sites for hydroxylation is 1. The minimum absolute atomic E-state index is 0.507. The molecule has 1 saturated carbocycles. The summed E-state index contributed by atoms with van der Waals surface area (Å²) in [4.78, 5) is 0. The summed E-state index contributed by atoms with van der Waals surface area (Å²) < 4.78 is 0. The highest BCUT2D eigenvalue weighted by Gasteiger charge is 2.48. The highest BCUT2D eigenvalue weighted by atomic mass is 16.3. The summed E-state index contributed by atoms with van der Waals surface area (Å²) in [6.07, 6.45) is 4.23. The molecule has 0 amide bonds. The molecule has 2 nitrogen and oxygen atoms in total. The first-order chi connectivity index (χ1) is 6.70. The molecule has 0 aliphatic heterocycles. The van der Waals surface area contributed by atoms with E-state index in [1.165, 1.54) is 18.4 Å². The van der Waals surface area contributed by atoms with E-state index in [4.69, 9.17) is 5.73 Å². The van der Waals surface area contributed by atoms with Crippen molar-refractivity contribution in [2.45, 2.75) is 31.3 Å². The molecular formula is C12H15NO. The van der Waals surface area contributed by atoms with Gasteiger partial charge in [-0.1, -0.05) is 6.07 Å². The van der Waals surface area contributed by atoms with Crippen molar-refractivity contribution in [3.8, 4) is 0 Å². The van der Waals surface area contributed by atoms with Crippen molar-refractivity contribution in [2.75, 3.05) is 5.73 Å². The lowest BCUT2D eigenvalue weighted by Crippen LogP contribution is -2.24. The number of anilines is 1. The van der Waals surface area contributed by atoms with E-state index < -0.39 is 5.60 Å². The average molecular weight is 189 g/mol. The largest absolute Gasteiger partial charge is 0.399 e. The summed E-state index contributed by atoms with van der Waals surface area (Å²) in [6.45, 7) is 0. The molecule has 1 fully saturated rings. The lowest BCUT2D eigenvalue weighted by atomic mass is 9.91. The molecule has 0 heterocycles. The van der Waals surface area contributed by atoms with Crippen LogP contribution in [0.15, 0.2) is 18.2 Å². The van der Waals surface area contributed by atoms with Gasteiger partial charge in [0, 0.05) is 5.69 Å². The van der Waals surface area contributed by atoms with Gasteiger partial charge in [0.05, 0.1) is 5.60 Å². The Morgan fingerprint density at radius 2 is 2.14 bits per heavy atom. The topological polar surface area (TPSA) is 46.2 Å². The van der Waals surface area contributed by atoms with Gasteiger partial charge in [0.25, 0.3) is 0 Å². The van der Waals surface area contributed by atoms with Gasteiger partial charge in [0.15, 0.2) is 0 Å². The number of nitrogen functional groups attached to an aromatic ring is 1. The Morgan fingerprint density at radius 3 is 2.86 bits per heavy atom. The molecule has 1 aromatic rings. The van der Waals surface area contributed by atoms with Gasteiger partial charge in [0.2, 0.25) is 0 Å². The van der Waals surface area contributed by atoms with Gasteiger partial charge in [-0.05, 0) is 54.9 Å². The SMILES string of the molecule is Nc1ccc2c(c1)CCC2(O)C1CC1. The van der Waals surface area contributed by atoms with Gasteiger partial charge in [-0.3, -0.25) is 0 Å². The van der Waals surface area contributed by atoms with Crippen molar-refractivity contribution < 1.29 is 5.11 Å². The van der Waals surface area contributed by atoms with Crippen LogP contribution in [0.2, 0.25) is 0 Å². The van der Waals surface area contributed by atoms with Gasteiger partial charge >= 0.3 is 0 Å². The second-order valence-electron chi connectivity index (χ2n) is 4.62. The normalized spacial score (nSPS) is 30.4. The van der Waals surface area contributed by atoms with E-state index in [9.17, 15) is 5.11 Å². The third-order valence-electron chi connectivity index (χ3n) is 3.62. The maximum Gasteiger partial charge on any atom is 0.0930 e. The van der Waals surface area contributed by atoms with Gasteiger partial charge in [-0.25, -0.2) is 0 Å². The van der Waals surface area contributed by atoms with Crippen molar-refractivity contribution in [2.24, 2.45) is 5.92 Å². The Morgan fingerprint density at radius 1 is 1.36 bits per heavy atom. The minimum atomic E-state index is -0.525. The summed E-state index contributed by atoms with van der Waals surface area (Å²) in [7, 11) is 0. The number of hydrogen-bond acceptors (Lipinski definition) is 2. The van der Waals surface area contributed by atoms with E-state index in [1.54, 1.807) is 0 Å². The quantitative estimate of drug-likeness (QED) is 0.662. The Kier molecular flexibility index (Phi) is 1.49. The van der Waals surface area contributed by atoms with E-state index in [0.29, 0.717) is 5.92 Å². The van der Waals surface area contributed by atoms with Crippen LogP contribution in [-0.2, 0) is 12.0 Å². The van der Waals surface area contributed by atoms with Crippen LogP contribution in [0.25, 0.3) is 0 Å². The van der Waals surface area contributed by atoms with Gasteiger partial charge < -0.3 is 10.8 Å². The van der Waals surface area contributed by atoms with Crippen LogP contribution >= 0.6 is 0 Å². The molecule has 2 heteroatoms. The van der Waals surface area contributed by atoms with E-state index in [2.05, 4.69) is 0 Å². The molecule has 74 valence electrons. The zero-order valence-electron chi connectivity index (χ0n) is 8.16. The molecule has 1 unspecified atom stereocenters. The second-order valence-corrected chi connectivity index (χ2v) is 4.62. The first-order valence-corrected chi connectivity index (χ1v) is 5.31. The Balaban J connectivity index is 2.09. The van der Waals surface area contributed by atoms with E-state index in [0.717, 1.165) is 24.1 Å². The standard InChI is InChI=1S/C12H15NO/c13-10-3-4-11-8(7-10)5-6-12(11,14)9-1-2-9/h3-4,7,9,14H,1-2,5-6,13H2. The van der Waals surface area contributed by atoms with Crippen molar-refractivity contribution >= 4 is 5.69 Å². The predicted molar refractivity (Wildman–Crippen MR) is 55.8 cm³/mol. The lowest BCUT2D eigenvalue weighted by molar-refractivity contribution is 0.0150. The van der Waals surface area contributed by atoms with Crippen LogP contribution in [0.4, 0.5) is 5.69 Å². The summed E-state index contributed by atoms with van der Waals surface area (Å²) in [5.74, 6) is 0.507. The number of rotatable bonds is 1. The van der Waals surface area contributed by atoms with Crippen molar-refractivity contribution in [3.63, 3.8) is 0 Å². The second kappa shape index (κ2) is 2.51. The van der Waals surface area contributed by atoms with E-state index in [1.807, 2.05) is 18.2 Å². The molecular weight excluding hydrogens is 174 g/mol. The van der Waals surface area contributed by atoms with Gasteiger partial charge in [0.1, 0.15) is 0 Å². The Labute approximate surface area is 83.7 Å². The Bertz CT molecular complexity index is 384. The van der Waals surface area contributed by atoms with Crippen LogP contribution in [0, 0.1) is 5.92 Å². The summed E-state index contributed by atoms with van der Waals surface area (Å²) >= 11 is 0. The summed E-state index contributed by atoms with van der Waals surface area (Å²) in [6, 6.07) is 5.92. The molecule has 0 radical (unpaired) electrons. The molecule has 3 N–H and O–H groups in total. The third-order valence-corrected chi connectivity index (χ3v) is 3.62. The molecule has 1 atom stereocenters. The highest BCUT2D eigenvalue weighted by molar-refractivity contribution is 5.49. The fourth-order valence-electron chi connectivity index (χ4n) is 2.69. The number of benzene rings is 1. The average Bonchev–Trinajstić information content (AvgIpc) is 2.94. The van der Waals surface area contributed by atoms with E-state index >= 15 is 0 Å². The molecule has 14 heavy (non-hydrogen) atoms. The van der Waals surface area contributed by atoms with Crippen LogP contribution in [-0.4, -0.2) is 5.11 Å². The highest BCUT2D eigenvalue weighted by Crippen LogP contribution is 2.52. The molecule has 0 bridgehead atoms. The maximum absolute atomic E-state index is 10.5. The molecule has 0 spiro atoms. The Hall–Kier alpha value is -1.02. The van der Waals surface area contributed by atoms with Crippen molar-refractivity contribution in [1.29, 1.82) is 0 Å². The van der Waals surface area contributed by atoms with Crippen LogP contribution < -0.4 is 5.73 Å². The maximum atomic E-state index is 10.5. The number of fused-ring (bicyclic) bond motifs is 1. The fourth-order valence-corrected chi connectivity index (χ4v) is 2.69. The lowest BCUT2D eigenvalue weighted by Gasteiger charge is -2.23. The van der Waals surface area contributed by atoms with E-state index in [-0.39, 0.29) is 0 Å². The van der Waals surface area contributed by atoms with Crippen LogP contribution in [0.1, 0.15) is 30.4 Å². The minimum Gasteiger partial charge on any atom is -0.399 e. The van der Waals surface area contributed by atoms with Crippen molar-refractivity contribution in [3.05, 3.63) is 29.3 Å². The summed E-state index contributed by atoms with van der Waals surface area (Å²) in [5, 5.41) is 10.5. The molecule has 1 aromatic carbocycles. The molecule has 2 aliphatic carbocycles. The number of hydrogen-bond donors (Lipinski definition) is 2. The number of aliphatic hydroxyl groups is 1. The monoisotopic (exact) mass is 189 g/mol. The van der Waals surface area contributed by atoms with Crippen molar-refractivity contribution in [1.82, 2.24) is 0 Å². The fraction of sp³-hybridized carbons (Fsp3) is 0.500. The van der Waals surface area contributed by atoms with Gasteiger partial charge in [-0.15, -0.1) is 0 Å². The smallest absolute Gasteiger partial charge is 0.0930 e. The molecule has 2 aliphatic rings. The van der Waals surface area contributed by atoms with Crippen LogP contribution in [0.3, 0.4) is 0 Å². The summed E-state index contributed by atoms with van der Waals surface area (Å²) in [5.41, 5.74) is 8.40.